The smallest absolute Gasteiger partial charge is 0.395 e. The third-order valence-corrected chi connectivity index (χ3v) is 18.1. The summed E-state index contributed by atoms with van der Waals surface area (Å²) in [6.45, 7) is 13.8. The van der Waals surface area contributed by atoms with Gasteiger partial charge in [-0.2, -0.15) is 0 Å². The van der Waals surface area contributed by atoms with E-state index < -0.39 is 25.7 Å². The summed E-state index contributed by atoms with van der Waals surface area (Å²) in [6, 6.07) is 2.30. The Morgan fingerprint density at radius 2 is 0.622 bits per heavy atom. The fourth-order valence-electron chi connectivity index (χ4n) is 5.13. The van der Waals surface area contributed by atoms with Gasteiger partial charge in [-0.15, -0.1) is 0 Å². The number of unbranched alkanes of at least 4 members (excludes halogenated alkanes) is 18. The lowest BCUT2D eigenvalue weighted by molar-refractivity contribution is 0.0758. The summed E-state index contributed by atoms with van der Waals surface area (Å²) in [4.78, 5) is 0. The molecule has 0 unspecified atom stereocenters. The fraction of sp³-hybridized carbons (Fsp3) is 1.00. The minimum atomic E-state index is -3.09. The minimum Gasteiger partial charge on any atom is -0.395 e. The third-order valence-electron chi connectivity index (χ3n) is 7.57. The third kappa shape index (κ3) is 21.9. The SMILES string of the molecule is CCCCCCCCCCCC[Si](C)(C)O[Si](OC)(OC)O[Si](C)(C)CCCCCCCCCCCC. The normalized spacial score (nSPS) is 13.0. The second-order valence-electron chi connectivity index (χ2n) is 12.5. The summed E-state index contributed by atoms with van der Waals surface area (Å²) < 4.78 is 25.2. The van der Waals surface area contributed by atoms with Crippen molar-refractivity contribution >= 4 is 25.7 Å². The van der Waals surface area contributed by atoms with Gasteiger partial charge in [0.15, 0.2) is 16.6 Å². The van der Waals surface area contributed by atoms with Gasteiger partial charge in [-0.25, -0.2) is 0 Å². The van der Waals surface area contributed by atoms with Crippen molar-refractivity contribution in [1.82, 2.24) is 0 Å². The first-order valence-corrected chi connectivity index (χ1v) is 24.0. The summed E-state index contributed by atoms with van der Waals surface area (Å²) in [6.07, 6.45) is 27.3. The summed E-state index contributed by atoms with van der Waals surface area (Å²) in [5.74, 6) is 0. The van der Waals surface area contributed by atoms with Crippen LogP contribution in [0.1, 0.15) is 142 Å². The molecule has 0 aliphatic heterocycles. The van der Waals surface area contributed by atoms with E-state index in [2.05, 4.69) is 40.0 Å². The van der Waals surface area contributed by atoms with E-state index in [0.717, 1.165) is 12.1 Å². The van der Waals surface area contributed by atoms with Crippen molar-refractivity contribution in [2.75, 3.05) is 14.2 Å². The Morgan fingerprint density at radius 3 is 0.865 bits per heavy atom. The predicted octanol–water partition coefficient (Wildman–Crippen LogP) is 11.0. The van der Waals surface area contributed by atoms with Crippen molar-refractivity contribution in [2.45, 2.75) is 181 Å². The van der Waals surface area contributed by atoms with E-state index in [0.29, 0.717) is 0 Å². The van der Waals surface area contributed by atoms with Crippen LogP contribution in [0.3, 0.4) is 0 Å². The molecule has 0 saturated carbocycles. The van der Waals surface area contributed by atoms with E-state index in [1.165, 1.54) is 128 Å². The van der Waals surface area contributed by atoms with Gasteiger partial charge in [-0.1, -0.05) is 142 Å². The zero-order valence-corrected chi connectivity index (χ0v) is 29.7. The summed E-state index contributed by atoms with van der Waals surface area (Å²) >= 11 is 0. The maximum atomic E-state index is 6.69. The molecule has 0 aliphatic carbocycles. The molecule has 0 spiro atoms. The number of rotatable bonds is 28. The average molecular weight is 577 g/mol. The van der Waals surface area contributed by atoms with Gasteiger partial charge >= 0.3 is 9.05 Å². The molecule has 0 fully saturated rings. The Labute approximate surface area is 237 Å². The van der Waals surface area contributed by atoms with Crippen LogP contribution in [0.25, 0.3) is 0 Å². The monoisotopic (exact) mass is 576 g/mol. The highest BCUT2D eigenvalue weighted by atomic mass is 28.5. The highest BCUT2D eigenvalue weighted by Gasteiger charge is 2.51. The van der Waals surface area contributed by atoms with E-state index in [-0.39, 0.29) is 0 Å². The maximum absolute atomic E-state index is 6.69. The zero-order valence-electron chi connectivity index (χ0n) is 26.7. The highest BCUT2D eigenvalue weighted by molar-refractivity contribution is 6.84. The Hall–Kier alpha value is 0.491. The van der Waals surface area contributed by atoms with Crippen LogP contribution in [0.5, 0.6) is 0 Å². The van der Waals surface area contributed by atoms with Crippen LogP contribution >= 0.6 is 0 Å². The van der Waals surface area contributed by atoms with Gasteiger partial charge in [0.2, 0.25) is 0 Å². The molecule has 0 bridgehead atoms. The average Bonchev–Trinajstić information content (AvgIpc) is 2.85. The van der Waals surface area contributed by atoms with Crippen LogP contribution in [-0.2, 0) is 17.1 Å². The molecule has 0 rings (SSSR count). The van der Waals surface area contributed by atoms with Crippen molar-refractivity contribution < 1.29 is 17.1 Å². The first-order valence-electron chi connectivity index (χ1n) is 16.2. The zero-order chi connectivity index (χ0) is 27.9. The van der Waals surface area contributed by atoms with Gasteiger partial charge in [-0.05, 0) is 38.3 Å². The molecule has 0 aliphatic rings. The fourth-order valence-corrected chi connectivity index (χ4v) is 15.6. The lowest BCUT2D eigenvalue weighted by Crippen LogP contribution is -2.59. The molecule has 0 amide bonds. The Kier molecular flexibility index (Phi) is 23.5. The molecule has 0 radical (unpaired) electrons. The molecule has 0 aromatic carbocycles. The van der Waals surface area contributed by atoms with E-state index in [1.807, 2.05) is 0 Å². The molecular weight excluding hydrogens is 509 g/mol. The van der Waals surface area contributed by atoms with E-state index in [9.17, 15) is 0 Å². The maximum Gasteiger partial charge on any atom is 0.657 e. The second-order valence-corrected chi connectivity index (χ2v) is 24.0. The molecule has 7 heteroatoms. The van der Waals surface area contributed by atoms with Gasteiger partial charge in [0.05, 0.1) is 0 Å². The molecule has 0 saturated heterocycles. The minimum absolute atomic E-state index is 1.15. The molecule has 0 heterocycles. The Bertz CT molecular complexity index is 459. The Morgan fingerprint density at radius 1 is 0.378 bits per heavy atom. The first kappa shape index (κ1) is 37.5. The standard InChI is InChI=1S/C30H68O4Si3/c1-9-11-13-15-17-19-21-23-25-27-29-35(5,6)33-37(31-3,32-4)34-36(7,8)30-28-26-24-22-20-18-16-14-12-10-2/h9-30H2,1-8H3. The van der Waals surface area contributed by atoms with Gasteiger partial charge < -0.3 is 17.1 Å². The van der Waals surface area contributed by atoms with E-state index >= 15 is 0 Å². The van der Waals surface area contributed by atoms with Crippen LogP contribution in [-0.4, -0.2) is 39.9 Å². The quantitative estimate of drug-likeness (QED) is 0.0685. The number of hydrogen-bond acceptors (Lipinski definition) is 4. The van der Waals surface area contributed by atoms with Crippen LogP contribution in [0.4, 0.5) is 0 Å². The second kappa shape index (κ2) is 23.2. The van der Waals surface area contributed by atoms with Crippen molar-refractivity contribution in [2.24, 2.45) is 0 Å². The molecule has 0 aromatic heterocycles. The van der Waals surface area contributed by atoms with Crippen LogP contribution < -0.4 is 0 Å². The summed E-state index contributed by atoms with van der Waals surface area (Å²) in [5, 5.41) is 0. The molecule has 224 valence electrons. The van der Waals surface area contributed by atoms with Crippen molar-refractivity contribution in [3.63, 3.8) is 0 Å². The van der Waals surface area contributed by atoms with Gasteiger partial charge in [-0.3, -0.25) is 0 Å². The molecule has 0 aromatic rings. The lowest BCUT2D eigenvalue weighted by Gasteiger charge is -2.38. The van der Waals surface area contributed by atoms with Crippen LogP contribution in [0, 0.1) is 0 Å². The van der Waals surface area contributed by atoms with Crippen molar-refractivity contribution in [3.05, 3.63) is 0 Å². The van der Waals surface area contributed by atoms with Crippen molar-refractivity contribution in [1.29, 1.82) is 0 Å². The van der Waals surface area contributed by atoms with Gasteiger partial charge in [0.1, 0.15) is 0 Å². The lowest BCUT2D eigenvalue weighted by atomic mass is 10.1. The van der Waals surface area contributed by atoms with Gasteiger partial charge in [0, 0.05) is 14.2 Å². The predicted molar refractivity (Wildman–Crippen MR) is 170 cm³/mol. The first-order chi connectivity index (χ1) is 17.7. The number of hydrogen-bond donors (Lipinski definition) is 0. The van der Waals surface area contributed by atoms with Crippen LogP contribution in [0.15, 0.2) is 0 Å². The molecular formula is C30H68O4Si3. The van der Waals surface area contributed by atoms with Crippen molar-refractivity contribution in [3.8, 4) is 0 Å². The highest BCUT2D eigenvalue weighted by Crippen LogP contribution is 2.28. The summed E-state index contributed by atoms with van der Waals surface area (Å²) in [5.41, 5.74) is 0. The van der Waals surface area contributed by atoms with Gasteiger partial charge in [0.25, 0.3) is 0 Å². The molecule has 0 atom stereocenters. The Balaban J connectivity index is 4.26. The molecule has 37 heavy (non-hydrogen) atoms. The molecule has 0 N–H and O–H groups in total. The van der Waals surface area contributed by atoms with E-state index in [4.69, 9.17) is 17.1 Å². The topological polar surface area (TPSA) is 36.9 Å². The largest absolute Gasteiger partial charge is 0.657 e. The molecule has 4 nitrogen and oxygen atoms in total. The van der Waals surface area contributed by atoms with E-state index in [1.54, 1.807) is 14.2 Å². The summed E-state index contributed by atoms with van der Waals surface area (Å²) in [7, 11) is -3.51. The van der Waals surface area contributed by atoms with Crippen LogP contribution in [0.2, 0.25) is 38.3 Å².